The fourth-order valence-electron chi connectivity index (χ4n) is 2.85. The molecule has 0 bridgehead atoms. The molecule has 0 aliphatic rings. The Hall–Kier alpha value is -1.60. The first-order chi connectivity index (χ1) is 12.6. The predicted octanol–water partition coefficient (Wildman–Crippen LogP) is 5.33. The van der Waals surface area contributed by atoms with Crippen LogP contribution in [0.15, 0.2) is 35.7 Å². The summed E-state index contributed by atoms with van der Waals surface area (Å²) in [6.45, 7) is 4.89. The number of hydrogen-bond donors (Lipinski definition) is 1. The number of para-hydroxylation sites is 1. The Balaban J connectivity index is 0.00000261. The van der Waals surface area contributed by atoms with Gasteiger partial charge in [0.05, 0.1) is 26.0 Å². The van der Waals surface area contributed by atoms with E-state index in [1.165, 1.54) is 9.75 Å². The molecule has 3 aromatic rings. The molecule has 0 fully saturated rings. The van der Waals surface area contributed by atoms with Crippen LogP contribution in [0.25, 0.3) is 0 Å². The number of nitrogens with one attached hydrogen (secondary N) is 1. The molecule has 0 saturated carbocycles. The number of thiazole rings is 1. The molecule has 0 aliphatic heterocycles. The van der Waals surface area contributed by atoms with Crippen LogP contribution in [0.4, 0.5) is 0 Å². The van der Waals surface area contributed by atoms with E-state index >= 15 is 0 Å². The van der Waals surface area contributed by atoms with Gasteiger partial charge >= 0.3 is 0 Å². The molecule has 0 spiro atoms. The molecule has 0 radical (unpaired) electrons. The highest BCUT2D eigenvalue weighted by atomic mass is 35.5. The van der Waals surface area contributed by atoms with Gasteiger partial charge in [-0.25, -0.2) is 4.98 Å². The average Bonchev–Trinajstić information content (AvgIpc) is 3.28. The highest BCUT2D eigenvalue weighted by Gasteiger charge is 2.19. The number of rotatable bonds is 8. The van der Waals surface area contributed by atoms with Crippen LogP contribution in [-0.4, -0.2) is 19.2 Å². The lowest BCUT2D eigenvalue weighted by atomic mass is 10.1. The second kappa shape index (κ2) is 10.1. The van der Waals surface area contributed by atoms with E-state index in [4.69, 9.17) is 14.5 Å². The van der Waals surface area contributed by atoms with Crippen molar-refractivity contribution < 1.29 is 9.47 Å². The first-order valence-electron chi connectivity index (χ1n) is 8.52. The zero-order chi connectivity index (χ0) is 18.5. The third-order valence-corrected chi connectivity index (χ3v) is 6.44. The molecule has 0 amide bonds. The number of thiophene rings is 1. The van der Waals surface area contributed by atoms with Crippen LogP contribution in [0.1, 0.15) is 32.1 Å². The summed E-state index contributed by atoms with van der Waals surface area (Å²) in [5, 5.41) is 6.93. The largest absolute Gasteiger partial charge is 0.493 e. The third-order valence-electron chi connectivity index (χ3n) is 4.35. The smallest absolute Gasteiger partial charge is 0.165 e. The second-order valence-electron chi connectivity index (χ2n) is 6.06. The summed E-state index contributed by atoms with van der Waals surface area (Å²) in [6.07, 6.45) is 0.927. The maximum atomic E-state index is 5.56. The van der Waals surface area contributed by atoms with Gasteiger partial charge in [0.15, 0.2) is 11.5 Å². The summed E-state index contributed by atoms with van der Waals surface area (Å²) in [4.78, 5) is 7.41. The lowest BCUT2D eigenvalue weighted by molar-refractivity contribution is 0.349. The van der Waals surface area contributed by atoms with E-state index in [1.807, 2.05) is 12.1 Å². The summed E-state index contributed by atoms with van der Waals surface area (Å²) in [6, 6.07) is 10.4. The van der Waals surface area contributed by atoms with Gasteiger partial charge < -0.3 is 14.8 Å². The molecule has 2 heterocycles. The Morgan fingerprint density at radius 3 is 2.52 bits per heavy atom. The Bertz CT molecular complexity index is 830. The van der Waals surface area contributed by atoms with Crippen molar-refractivity contribution in [1.29, 1.82) is 0 Å². The lowest BCUT2D eigenvalue weighted by Crippen LogP contribution is -2.23. The maximum absolute atomic E-state index is 5.56. The van der Waals surface area contributed by atoms with Crippen LogP contribution in [0.3, 0.4) is 0 Å². The van der Waals surface area contributed by atoms with Crippen LogP contribution in [0.5, 0.6) is 11.5 Å². The number of halogens is 1. The van der Waals surface area contributed by atoms with Gasteiger partial charge in [0.25, 0.3) is 0 Å². The number of ether oxygens (including phenoxy) is 2. The quantitative estimate of drug-likeness (QED) is 0.530. The minimum Gasteiger partial charge on any atom is -0.493 e. The summed E-state index contributed by atoms with van der Waals surface area (Å²) in [5.41, 5.74) is 2.19. The van der Waals surface area contributed by atoms with Gasteiger partial charge in [-0.1, -0.05) is 18.2 Å². The molecule has 2 aromatic heterocycles. The van der Waals surface area contributed by atoms with Gasteiger partial charge in [-0.3, -0.25) is 0 Å². The van der Waals surface area contributed by atoms with Crippen molar-refractivity contribution in [1.82, 2.24) is 10.3 Å². The summed E-state index contributed by atoms with van der Waals surface area (Å²) < 4.78 is 11.0. The Labute approximate surface area is 175 Å². The molecule has 0 aliphatic carbocycles. The molecular weight excluding hydrogens is 400 g/mol. The molecule has 4 nitrogen and oxygen atoms in total. The number of hydrogen-bond acceptors (Lipinski definition) is 6. The Kier molecular flexibility index (Phi) is 8.10. The molecule has 0 saturated heterocycles. The van der Waals surface area contributed by atoms with Crippen LogP contribution >= 0.6 is 35.1 Å². The van der Waals surface area contributed by atoms with E-state index in [0.717, 1.165) is 34.2 Å². The van der Waals surface area contributed by atoms with Gasteiger partial charge in [-0.05, 0) is 31.4 Å². The monoisotopic (exact) mass is 424 g/mol. The van der Waals surface area contributed by atoms with Crippen LogP contribution in [0.2, 0.25) is 0 Å². The predicted molar refractivity (Wildman–Crippen MR) is 116 cm³/mol. The molecule has 146 valence electrons. The van der Waals surface area contributed by atoms with Gasteiger partial charge in [-0.2, -0.15) is 0 Å². The van der Waals surface area contributed by atoms with E-state index in [1.54, 1.807) is 36.9 Å². The first-order valence-corrected chi connectivity index (χ1v) is 10.2. The third kappa shape index (κ3) is 5.23. The van der Waals surface area contributed by atoms with E-state index in [-0.39, 0.29) is 18.4 Å². The van der Waals surface area contributed by atoms with Gasteiger partial charge in [0.2, 0.25) is 0 Å². The topological polar surface area (TPSA) is 43.4 Å². The van der Waals surface area contributed by atoms with E-state index in [0.29, 0.717) is 6.54 Å². The van der Waals surface area contributed by atoms with Crippen molar-refractivity contribution in [3.8, 4) is 11.5 Å². The zero-order valence-electron chi connectivity index (χ0n) is 15.9. The average molecular weight is 425 g/mol. The van der Waals surface area contributed by atoms with Crippen molar-refractivity contribution in [3.05, 3.63) is 61.7 Å². The molecule has 1 aromatic carbocycles. The maximum Gasteiger partial charge on any atom is 0.165 e. The fraction of sp³-hybridized carbons (Fsp3) is 0.350. The molecular formula is C20H25ClN2O2S2. The van der Waals surface area contributed by atoms with Crippen molar-refractivity contribution in [2.24, 2.45) is 0 Å². The van der Waals surface area contributed by atoms with Crippen molar-refractivity contribution in [2.75, 3.05) is 14.2 Å². The highest BCUT2D eigenvalue weighted by Crippen LogP contribution is 2.32. The summed E-state index contributed by atoms with van der Waals surface area (Å²) >= 11 is 3.56. The van der Waals surface area contributed by atoms with Crippen LogP contribution in [0, 0.1) is 13.8 Å². The number of aromatic nitrogens is 1. The van der Waals surface area contributed by atoms with E-state index in [9.17, 15) is 0 Å². The first kappa shape index (κ1) is 21.7. The van der Waals surface area contributed by atoms with E-state index < -0.39 is 0 Å². The standard InChI is InChI=1S/C20H24N2O2S2.ClH/c1-13-14(2)26-20(22-13)17(11-16-8-6-10-25-16)21-12-15-7-5-9-18(23-3)19(15)24-4;/h5-10,17,21H,11-12H2,1-4H3;1H. The lowest BCUT2D eigenvalue weighted by Gasteiger charge is -2.18. The Morgan fingerprint density at radius 1 is 1.11 bits per heavy atom. The number of methoxy groups -OCH3 is 2. The number of aryl methyl sites for hydroxylation is 2. The molecule has 1 unspecified atom stereocenters. The molecule has 1 N–H and O–H groups in total. The number of nitrogens with zero attached hydrogens (tertiary/aromatic N) is 1. The summed E-state index contributed by atoms with van der Waals surface area (Å²) in [5.74, 6) is 1.53. The Morgan fingerprint density at radius 2 is 1.93 bits per heavy atom. The van der Waals surface area contributed by atoms with Gasteiger partial charge in [0, 0.05) is 28.3 Å². The fourth-order valence-corrected chi connectivity index (χ4v) is 4.60. The highest BCUT2D eigenvalue weighted by molar-refractivity contribution is 7.11. The normalized spacial score (nSPS) is 11.7. The molecule has 27 heavy (non-hydrogen) atoms. The SMILES string of the molecule is COc1cccc(CNC(Cc2cccs2)c2nc(C)c(C)s2)c1OC.Cl. The summed E-state index contributed by atoms with van der Waals surface area (Å²) in [7, 11) is 3.34. The molecule has 7 heteroatoms. The van der Waals surface area contributed by atoms with E-state index in [2.05, 4.69) is 42.7 Å². The van der Waals surface area contributed by atoms with Crippen LogP contribution < -0.4 is 14.8 Å². The number of benzene rings is 1. The van der Waals surface area contributed by atoms with Gasteiger partial charge in [-0.15, -0.1) is 35.1 Å². The minimum absolute atomic E-state index is 0. The van der Waals surface area contributed by atoms with Crippen molar-refractivity contribution in [3.63, 3.8) is 0 Å². The molecule has 3 rings (SSSR count). The van der Waals surface area contributed by atoms with Crippen molar-refractivity contribution in [2.45, 2.75) is 32.9 Å². The van der Waals surface area contributed by atoms with Gasteiger partial charge in [0.1, 0.15) is 5.01 Å². The minimum atomic E-state index is 0. The molecule has 1 atom stereocenters. The van der Waals surface area contributed by atoms with Crippen molar-refractivity contribution >= 4 is 35.1 Å². The zero-order valence-corrected chi connectivity index (χ0v) is 18.4. The van der Waals surface area contributed by atoms with Crippen LogP contribution in [-0.2, 0) is 13.0 Å². The second-order valence-corrected chi connectivity index (χ2v) is 8.33.